The van der Waals surface area contributed by atoms with Gasteiger partial charge < -0.3 is 9.64 Å². The Hall–Kier alpha value is -1.81. The summed E-state index contributed by atoms with van der Waals surface area (Å²) < 4.78 is 6.83. The van der Waals surface area contributed by atoms with Gasteiger partial charge in [0.15, 0.2) is 0 Å². The molecule has 17 heavy (non-hydrogen) atoms. The van der Waals surface area contributed by atoms with Gasteiger partial charge in [0.2, 0.25) is 5.91 Å². The fraction of sp³-hybridized carbons (Fsp3) is 0.308. The molecule has 0 aliphatic heterocycles. The Kier molecular flexibility index (Phi) is 3.15. The fourth-order valence-electron chi connectivity index (χ4n) is 1.81. The van der Waals surface area contributed by atoms with Gasteiger partial charge in [-0.15, -0.1) is 0 Å². The number of carbonyl (C=O) groups excluding carboxylic acids is 1. The molecule has 0 N–H and O–H groups in total. The van der Waals surface area contributed by atoms with Crippen LogP contribution in [0.25, 0.3) is 10.9 Å². The van der Waals surface area contributed by atoms with Crippen LogP contribution in [0.4, 0.5) is 0 Å². The second-order valence-electron chi connectivity index (χ2n) is 4.24. The number of ether oxygens (including phenoxy) is 1. The SMILES string of the molecule is COc1ccc2c(ccn2C(=O)CN(C)C)c1. The lowest BCUT2D eigenvalue weighted by Gasteiger charge is -2.10. The molecule has 1 heterocycles. The third-order valence-electron chi connectivity index (χ3n) is 2.62. The van der Waals surface area contributed by atoms with Gasteiger partial charge in [0.05, 0.1) is 19.2 Å². The number of carbonyl (C=O) groups is 1. The molecule has 2 aromatic rings. The summed E-state index contributed by atoms with van der Waals surface area (Å²) in [4.78, 5) is 13.8. The minimum atomic E-state index is 0.0650. The molecular weight excluding hydrogens is 216 g/mol. The Morgan fingerprint density at radius 2 is 2.12 bits per heavy atom. The lowest BCUT2D eigenvalue weighted by atomic mass is 10.2. The lowest BCUT2D eigenvalue weighted by Crippen LogP contribution is -2.25. The summed E-state index contributed by atoms with van der Waals surface area (Å²) >= 11 is 0. The summed E-state index contributed by atoms with van der Waals surface area (Å²) in [5.74, 6) is 0.866. The summed E-state index contributed by atoms with van der Waals surface area (Å²) in [6.07, 6.45) is 1.80. The van der Waals surface area contributed by atoms with Crippen molar-refractivity contribution in [2.45, 2.75) is 0 Å². The van der Waals surface area contributed by atoms with E-state index >= 15 is 0 Å². The van der Waals surface area contributed by atoms with Crippen LogP contribution in [0.5, 0.6) is 5.75 Å². The Labute approximate surface area is 100 Å². The van der Waals surface area contributed by atoms with Gasteiger partial charge in [0, 0.05) is 11.6 Å². The highest BCUT2D eigenvalue weighted by Gasteiger charge is 2.10. The zero-order chi connectivity index (χ0) is 12.4. The lowest BCUT2D eigenvalue weighted by molar-refractivity contribution is 0.0882. The van der Waals surface area contributed by atoms with Crippen LogP contribution in [0.1, 0.15) is 4.79 Å². The molecule has 0 saturated carbocycles. The third kappa shape index (κ3) is 2.31. The van der Waals surface area contributed by atoms with Crippen molar-refractivity contribution in [3.05, 3.63) is 30.5 Å². The van der Waals surface area contributed by atoms with Gasteiger partial charge in [-0.1, -0.05) is 0 Å². The van der Waals surface area contributed by atoms with Crippen LogP contribution >= 0.6 is 0 Å². The number of benzene rings is 1. The maximum Gasteiger partial charge on any atom is 0.245 e. The predicted octanol–water partition coefficient (Wildman–Crippen LogP) is 1.85. The summed E-state index contributed by atoms with van der Waals surface area (Å²) in [5, 5.41) is 1.01. The Morgan fingerprint density at radius 1 is 1.35 bits per heavy atom. The van der Waals surface area contributed by atoms with Crippen molar-refractivity contribution < 1.29 is 9.53 Å². The van der Waals surface area contributed by atoms with Crippen molar-refractivity contribution in [2.75, 3.05) is 27.7 Å². The van der Waals surface area contributed by atoms with E-state index in [1.807, 2.05) is 43.3 Å². The van der Waals surface area contributed by atoms with Gasteiger partial charge in [-0.2, -0.15) is 0 Å². The van der Waals surface area contributed by atoms with Crippen LogP contribution in [0, 0.1) is 0 Å². The van der Waals surface area contributed by atoms with E-state index in [0.717, 1.165) is 16.7 Å². The molecule has 1 aromatic heterocycles. The molecule has 0 saturated heterocycles. The molecule has 4 heteroatoms. The monoisotopic (exact) mass is 232 g/mol. The fourth-order valence-corrected chi connectivity index (χ4v) is 1.81. The van der Waals surface area contributed by atoms with E-state index in [2.05, 4.69) is 0 Å². The van der Waals surface area contributed by atoms with Crippen molar-refractivity contribution in [3.8, 4) is 5.75 Å². The minimum absolute atomic E-state index is 0.0650. The van der Waals surface area contributed by atoms with Crippen LogP contribution in [-0.2, 0) is 0 Å². The number of nitrogens with zero attached hydrogens (tertiary/aromatic N) is 2. The van der Waals surface area contributed by atoms with E-state index in [9.17, 15) is 4.79 Å². The van der Waals surface area contributed by atoms with Gasteiger partial charge in [-0.3, -0.25) is 9.36 Å². The van der Waals surface area contributed by atoms with E-state index in [0.29, 0.717) is 6.54 Å². The Morgan fingerprint density at radius 3 is 2.76 bits per heavy atom. The van der Waals surface area contributed by atoms with Crippen molar-refractivity contribution in [1.29, 1.82) is 0 Å². The Bertz CT molecular complexity index is 543. The maximum absolute atomic E-state index is 12.0. The minimum Gasteiger partial charge on any atom is -0.497 e. The number of methoxy groups -OCH3 is 1. The average molecular weight is 232 g/mol. The third-order valence-corrected chi connectivity index (χ3v) is 2.62. The largest absolute Gasteiger partial charge is 0.497 e. The normalized spacial score (nSPS) is 11.1. The first kappa shape index (κ1) is 11.7. The van der Waals surface area contributed by atoms with Crippen molar-refractivity contribution >= 4 is 16.8 Å². The second kappa shape index (κ2) is 4.59. The molecule has 0 aliphatic carbocycles. The molecule has 0 unspecified atom stereocenters. The smallest absolute Gasteiger partial charge is 0.245 e. The zero-order valence-corrected chi connectivity index (χ0v) is 10.3. The summed E-state index contributed by atoms with van der Waals surface area (Å²) in [6.45, 7) is 0.399. The quantitative estimate of drug-likeness (QED) is 0.810. The molecule has 0 atom stereocenters. The molecule has 0 spiro atoms. The summed E-state index contributed by atoms with van der Waals surface area (Å²) in [6, 6.07) is 7.61. The molecule has 0 radical (unpaired) electrons. The number of hydrogen-bond acceptors (Lipinski definition) is 3. The highest BCUT2D eigenvalue weighted by Crippen LogP contribution is 2.21. The molecule has 0 bridgehead atoms. The molecule has 0 fully saturated rings. The van der Waals surface area contributed by atoms with Crippen molar-refractivity contribution in [2.24, 2.45) is 0 Å². The van der Waals surface area contributed by atoms with E-state index < -0.39 is 0 Å². The Balaban J connectivity index is 2.39. The average Bonchev–Trinajstić information content (AvgIpc) is 2.70. The number of fused-ring (bicyclic) bond motifs is 1. The van der Waals surface area contributed by atoms with Crippen molar-refractivity contribution in [1.82, 2.24) is 9.47 Å². The van der Waals surface area contributed by atoms with Crippen LogP contribution in [0.15, 0.2) is 30.5 Å². The van der Waals surface area contributed by atoms with E-state index in [1.165, 1.54) is 0 Å². The summed E-state index contributed by atoms with van der Waals surface area (Å²) in [7, 11) is 5.40. The van der Waals surface area contributed by atoms with Gasteiger partial charge in [-0.25, -0.2) is 0 Å². The summed E-state index contributed by atoms with van der Waals surface area (Å²) in [5.41, 5.74) is 0.914. The van der Waals surface area contributed by atoms with Gasteiger partial charge in [0.1, 0.15) is 5.75 Å². The van der Waals surface area contributed by atoms with E-state index in [-0.39, 0.29) is 5.91 Å². The first-order valence-corrected chi connectivity index (χ1v) is 5.45. The molecule has 0 aliphatic rings. The predicted molar refractivity (Wildman–Crippen MR) is 67.7 cm³/mol. The van der Waals surface area contributed by atoms with E-state index in [4.69, 9.17) is 4.74 Å². The van der Waals surface area contributed by atoms with Gasteiger partial charge >= 0.3 is 0 Å². The first-order chi connectivity index (χ1) is 8.11. The molecule has 1 aromatic carbocycles. The number of likely N-dealkylation sites (N-methyl/N-ethyl adjacent to an activating group) is 1. The van der Waals surface area contributed by atoms with Crippen LogP contribution in [-0.4, -0.2) is 43.1 Å². The highest BCUT2D eigenvalue weighted by molar-refractivity contribution is 5.93. The second-order valence-corrected chi connectivity index (χ2v) is 4.24. The molecular formula is C13H16N2O2. The van der Waals surface area contributed by atoms with Gasteiger partial charge in [0.25, 0.3) is 0 Å². The van der Waals surface area contributed by atoms with Crippen molar-refractivity contribution in [3.63, 3.8) is 0 Å². The van der Waals surface area contributed by atoms with Crippen LogP contribution in [0.2, 0.25) is 0 Å². The van der Waals surface area contributed by atoms with E-state index in [1.54, 1.807) is 17.9 Å². The molecule has 0 amide bonds. The maximum atomic E-state index is 12.0. The van der Waals surface area contributed by atoms with Gasteiger partial charge in [-0.05, 0) is 38.4 Å². The molecule has 2 rings (SSSR count). The molecule has 4 nitrogen and oxygen atoms in total. The number of hydrogen-bond donors (Lipinski definition) is 0. The molecule has 90 valence electrons. The first-order valence-electron chi connectivity index (χ1n) is 5.45. The highest BCUT2D eigenvalue weighted by atomic mass is 16.5. The topological polar surface area (TPSA) is 34.5 Å². The standard InChI is InChI=1S/C13H16N2O2/c1-14(2)9-13(16)15-7-6-10-8-11(17-3)4-5-12(10)15/h4-8H,9H2,1-3H3. The zero-order valence-electron chi connectivity index (χ0n) is 10.3. The number of rotatable bonds is 3. The van der Waals surface area contributed by atoms with Crippen LogP contribution < -0.4 is 4.74 Å². The number of aromatic nitrogens is 1. The van der Waals surface area contributed by atoms with Crippen LogP contribution in [0.3, 0.4) is 0 Å².